The number of hydrogen-bond acceptors (Lipinski definition) is 7. The first kappa shape index (κ1) is 14.9. The molecule has 0 amide bonds. The van der Waals surface area contributed by atoms with E-state index in [0.29, 0.717) is 23.4 Å². The number of anilines is 1. The molecule has 20 heavy (non-hydrogen) atoms. The molecule has 2 rings (SSSR count). The van der Waals surface area contributed by atoms with Crippen molar-refractivity contribution in [3.8, 4) is 0 Å². The Balaban J connectivity index is 1.95. The Morgan fingerprint density at radius 3 is 2.75 bits per heavy atom. The van der Waals surface area contributed by atoms with E-state index in [1.54, 1.807) is 6.07 Å². The van der Waals surface area contributed by atoms with Gasteiger partial charge in [0, 0.05) is 6.42 Å². The van der Waals surface area contributed by atoms with Crippen molar-refractivity contribution in [2.24, 2.45) is 11.1 Å². The Bertz CT molecular complexity index is 675. The predicted octanol–water partition coefficient (Wildman–Crippen LogP) is 1.59. The minimum absolute atomic E-state index is 0.243. The number of furan rings is 1. The highest BCUT2D eigenvalue weighted by molar-refractivity contribution is 7.89. The minimum Gasteiger partial charge on any atom is -0.446 e. The van der Waals surface area contributed by atoms with Gasteiger partial charge >= 0.3 is 0 Å². The predicted molar refractivity (Wildman–Crippen MR) is 75.9 cm³/mol. The van der Waals surface area contributed by atoms with E-state index < -0.39 is 10.0 Å². The summed E-state index contributed by atoms with van der Waals surface area (Å²) in [5, 5.41) is 17.5. The van der Waals surface area contributed by atoms with E-state index in [2.05, 4.69) is 29.4 Å². The monoisotopic (exact) mass is 316 g/mol. The fraction of sp³-hybridized carbons (Fsp3) is 0.455. The summed E-state index contributed by atoms with van der Waals surface area (Å²) in [6, 6.07) is 2.89. The lowest BCUT2D eigenvalue weighted by molar-refractivity contribution is 0.419. The van der Waals surface area contributed by atoms with E-state index in [0.717, 1.165) is 11.4 Å². The third kappa shape index (κ3) is 4.02. The van der Waals surface area contributed by atoms with Gasteiger partial charge in [-0.25, -0.2) is 13.6 Å². The number of rotatable bonds is 6. The standard InChI is InChI=1S/C11H16N4O3S2/c1-7(2)5-9-14-15-11(19-9)13-6-8-3-4-10(18-8)20(12,16)17/h3-4,7H,5-6H2,1-2H3,(H,13,15)(H2,12,16,17). The molecule has 2 heterocycles. The molecule has 0 unspecified atom stereocenters. The second-order valence-corrected chi connectivity index (χ2v) is 7.27. The average Bonchev–Trinajstić information content (AvgIpc) is 2.93. The summed E-state index contributed by atoms with van der Waals surface area (Å²) in [7, 11) is -3.79. The fourth-order valence-electron chi connectivity index (χ4n) is 1.53. The van der Waals surface area contributed by atoms with Gasteiger partial charge < -0.3 is 9.73 Å². The minimum atomic E-state index is -3.79. The third-order valence-electron chi connectivity index (χ3n) is 2.38. The Hall–Kier alpha value is -1.45. The molecule has 7 nitrogen and oxygen atoms in total. The van der Waals surface area contributed by atoms with E-state index in [-0.39, 0.29) is 5.09 Å². The van der Waals surface area contributed by atoms with Crippen molar-refractivity contribution >= 4 is 26.5 Å². The molecule has 0 fully saturated rings. The van der Waals surface area contributed by atoms with Crippen LogP contribution in [0.2, 0.25) is 0 Å². The zero-order chi connectivity index (χ0) is 14.8. The molecule has 2 aromatic rings. The van der Waals surface area contributed by atoms with Crippen molar-refractivity contribution in [2.75, 3.05) is 5.32 Å². The van der Waals surface area contributed by atoms with Crippen molar-refractivity contribution in [3.05, 3.63) is 22.9 Å². The van der Waals surface area contributed by atoms with Crippen LogP contribution in [0.3, 0.4) is 0 Å². The summed E-state index contributed by atoms with van der Waals surface area (Å²) >= 11 is 1.47. The second-order valence-electron chi connectivity index (χ2n) is 4.72. The molecule has 0 saturated carbocycles. The second kappa shape index (κ2) is 5.90. The number of aromatic nitrogens is 2. The summed E-state index contributed by atoms with van der Waals surface area (Å²) < 4.78 is 27.3. The summed E-state index contributed by atoms with van der Waals surface area (Å²) in [6.45, 7) is 4.56. The lowest BCUT2D eigenvalue weighted by Gasteiger charge is -1.99. The molecule has 0 spiro atoms. The van der Waals surface area contributed by atoms with E-state index in [1.807, 2.05) is 0 Å². The van der Waals surface area contributed by atoms with Crippen molar-refractivity contribution in [2.45, 2.75) is 31.9 Å². The first-order valence-electron chi connectivity index (χ1n) is 6.02. The van der Waals surface area contributed by atoms with E-state index >= 15 is 0 Å². The van der Waals surface area contributed by atoms with Crippen LogP contribution in [0.1, 0.15) is 24.6 Å². The molecular weight excluding hydrogens is 300 g/mol. The van der Waals surface area contributed by atoms with Crippen molar-refractivity contribution in [1.82, 2.24) is 10.2 Å². The van der Waals surface area contributed by atoms with Crippen LogP contribution < -0.4 is 10.5 Å². The molecule has 0 bridgehead atoms. The molecule has 3 N–H and O–H groups in total. The van der Waals surface area contributed by atoms with Crippen LogP contribution in [0.4, 0.5) is 5.13 Å². The Morgan fingerprint density at radius 1 is 1.40 bits per heavy atom. The van der Waals surface area contributed by atoms with Gasteiger partial charge in [-0.15, -0.1) is 10.2 Å². The first-order chi connectivity index (χ1) is 9.34. The molecule has 2 aromatic heterocycles. The van der Waals surface area contributed by atoms with Gasteiger partial charge in [-0.2, -0.15) is 0 Å². The highest BCUT2D eigenvalue weighted by Gasteiger charge is 2.13. The van der Waals surface area contributed by atoms with Crippen LogP contribution in [-0.2, 0) is 23.0 Å². The quantitative estimate of drug-likeness (QED) is 0.837. The van der Waals surface area contributed by atoms with Gasteiger partial charge in [-0.05, 0) is 18.1 Å². The van der Waals surface area contributed by atoms with Crippen molar-refractivity contribution in [3.63, 3.8) is 0 Å². The van der Waals surface area contributed by atoms with Crippen LogP contribution in [0, 0.1) is 5.92 Å². The summed E-state index contributed by atoms with van der Waals surface area (Å²) in [5.74, 6) is 0.993. The molecular formula is C11H16N4O3S2. The SMILES string of the molecule is CC(C)Cc1nnc(NCc2ccc(S(N)(=O)=O)o2)s1. The number of hydrogen-bond donors (Lipinski definition) is 2. The lowest BCUT2D eigenvalue weighted by Crippen LogP contribution is -2.10. The van der Waals surface area contributed by atoms with E-state index in [9.17, 15) is 8.42 Å². The summed E-state index contributed by atoms with van der Waals surface area (Å²) in [4.78, 5) is 0. The lowest BCUT2D eigenvalue weighted by atomic mass is 10.1. The Labute approximate surface area is 121 Å². The molecule has 0 aromatic carbocycles. The topological polar surface area (TPSA) is 111 Å². The highest BCUT2D eigenvalue weighted by atomic mass is 32.2. The van der Waals surface area contributed by atoms with Gasteiger partial charge in [0.05, 0.1) is 6.54 Å². The van der Waals surface area contributed by atoms with Crippen LogP contribution in [-0.4, -0.2) is 18.6 Å². The molecule has 9 heteroatoms. The maximum atomic E-state index is 11.1. The molecule has 110 valence electrons. The number of nitrogens with zero attached hydrogens (tertiary/aromatic N) is 2. The first-order valence-corrected chi connectivity index (χ1v) is 8.38. The van der Waals surface area contributed by atoms with E-state index in [1.165, 1.54) is 17.4 Å². The molecule has 0 aliphatic heterocycles. The summed E-state index contributed by atoms with van der Waals surface area (Å²) in [6.07, 6.45) is 0.885. The summed E-state index contributed by atoms with van der Waals surface area (Å²) in [5.41, 5.74) is 0. The van der Waals surface area contributed by atoms with Gasteiger partial charge in [0.25, 0.3) is 10.0 Å². The van der Waals surface area contributed by atoms with Crippen molar-refractivity contribution in [1.29, 1.82) is 0 Å². The highest BCUT2D eigenvalue weighted by Crippen LogP contribution is 2.19. The van der Waals surface area contributed by atoms with Gasteiger partial charge in [0.2, 0.25) is 10.2 Å². The Kier molecular flexibility index (Phi) is 4.41. The van der Waals surface area contributed by atoms with Crippen LogP contribution in [0.25, 0.3) is 0 Å². The smallest absolute Gasteiger partial charge is 0.271 e. The van der Waals surface area contributed by atoms with Gasteiger partial charge in [-0.1, -0.05) is 25.2 Å². The van der Waals surface area contributed by atoms with Crippen LogP contribution >= 0.6 is 11.3 Å². The normalized spacial score (nSPS) is 12.0. The van der Waals surface area contributed by atoms with Crippen LogP contribution in [0.15, 0.2) is 21.6 Å². The van der Waals surface area contributed by atoms with Crippen LogP contribution in [0.5, 0.6) is 0 Å². The Morgan fingerprint density at radius 2 is 2.15 bits per heavy atom. The van der Waals surface area contributed by atoms with Gasteiger partial charge in [0.15, 0.2) is 0 Å². The molecule has 0 aliphatic carbocycles. The fourth-order valence-corrected chi connectivity index (χ4v) is 2.95. The zero-order valence-electron chi connectivity index (χ0n) is 11.2. The number of nitrogens with two attached hydrogens (primary N) is 1. The number of nitrogens with one attached hydrogen (secondary N) is 1. The average molecular weight is 316 g/mol. The third-order valence-corrected chi connectivity index (χ3v) is 4.06. The molecule has 0 saturated heterocycles. The molecule has 0 aliphatic rings. The number of sulfonamides is 1. The van der Waals surface area contributed by atoms with Gasteiger partial charge in [-0.3, -0.25) is 0 Å². The maximum Gasteiger partial charge on any atom is 0.271 e. The van der Waals surface area contributed by atoms with Gasteiger partial charge in [0.1, 0.15) is 10.8 Å². The molecule has 0 radical (unpaired) electrons. The maximum absolute atomic E-state index is 11.1. The van der Waals surface area contributed by atoms with E-state index in [4.69, 9.17) is 9.56 Å². The molecule has 0 atom stereocenters. The largest absolute Gasteiger partial charge is 0.446 e. The zero-order valence-corrected chi connectivity index (χ0v) is 12.8. The number of primary sulfonamides is 1. The van der Waals surface area contributed by atoms with Crippen molar-refractivity contribution < 1.29 is 12.8 Å².